The zero-order chi connectivity index (χ0) is 19.0. The molecule has 0 amide bonds. The molecule has 1 aliphatic rings. The lowest BCUT2D eigenvalue weighted by Crippen LogP contribution is -2.42. The molecule has 1 aromatic heterocycles. The number of guanidine groups is 1. The molecule has 4 N–H and O–H groups in total. The Morgan fingerprint density at radius 3 is 2.70 bits per heavy atom. The Balaban J connectivity index is 0.00000364. The van der Waals surface area contributed by atoms with E-state index in [9.17, 15) is 13.5 Å². The highest BCUT2D eigenvalue weighted by Crippen LogP contribution is 2.25. The van der Waals surface area contributed by atoms with Crippen LogP contribution in [0.15, 0.2) is 21.8 Å². The molecule has 1 atom stereocenters. The molecule has 10 heteroatoms. The average Bonchev–Trinajstić information content (AvgIpc) is 3.06. The van der Waals surface area contributed by atoms with Crippen molar-refractivity contribution in [3.63, 3.8) is 0 Å². The second-order valence-corrected chi connectivity index (χ2v) is 9.58. The number of hydrogen-bond donors (Lipinski definition) is 4. The molecule has 1 unspecified atom stereocenters. The summed E-state index contributed by atoms with van der Waals surface area (Å²) < 4.78 is 26.7. The number of nitrogens with one attached hydrogen (secondary N) is 3. The minimum absolute atomic E-state index is 0. The largest absolute Gasteiger partial charge is 0.383 e. The highest BCUT2D eigenvalue weighted by atomic mass is 127. The fourth-order valence-electron chi connectivity index (χ4n) is 2.55. The number of sulfonamides is 1. The van der Waals surface area contributed by atoms with Crippen LogP contribution in [0.2, 0.25) is 0 Å². The van der Waals surface area contributed by atoms with Gasteiger partial charge in [-0.1, -0.05) is 6.42 Å². The van der Waals surface area contributed by atoms with Crippen LogP contribution in [0.5, 0.6) is 0 Å². The van der Waals surface area contributed by atoms with E-state index in [0.717, 1.165) is 18.4 Å². The van der Waals surface area contributed by atoms with E-state index in [2.05, 4.69) is 20.3 Å². The molecular formula is C17H31IN4O3S2. The number of rotatable bonds is 10. The summed E-state index contributed by atoms with van der Waals surface area (Å²) in [7, 11) is -3.29. The summed E-state index contributed by atoms with van der Waals surface area (Å²) in [6.07, 6.45) is 3.43. The van der Waals surface area contributed by atoms with Gasteiger partial charge in [0.2, 0.25) is 10.0 Å². The Morgan fingerprint density at radius 1 is 1.41 bits per heavy atom. The first-order valence-electron chi connectivity index (χ1n) is 9.07. The highest BCUT2D eigenvalue weighted by molar-refractivity contribution is 14.0. The van der Waals surface area contributed by atoms with Crippen LogP contribution in [0.25, 0.3) is 0 Å². The van der Waals surface area contributed by atoms with Gasteiger partial charge in [-0.25, -0.2) is 18.1 Å². The number of thiophene rings is 1. The highest BCUT2D eigenvalue weighted by Gasteiger charge is 2.23. The molecule has 2 rings (SSSR count). The molecule has 0 aromatic carbocycles. The van der Waals surface area contributed by atoms with Crippen LogP contribution in [0, 0.1) is 5.92 Å². The first kappa shape index (κ1) is 24.6. The minimum Gasteiger partial charge on any atom is -0.383 e. The molecule has 0 saturated heterocycles. The number of hydrogen-bond acceptors (Lipinski definition) is 5. The van der Waals surface area contributed by atoms with Gasteiger partial charge in [-0.15, -0.1) is 24.0 Å². The number of halogens is 1. The predicted molar refractivity (Wildman–Crippen MR) is 122 cm³/mol. The third kappa shape index (κ3) is 8.63. The van der Waals surface area contributed by atoms with Crippen LogP contribution in [0.4, 0.5) is 0 Å². The summed E-state index contributed by atoms with van der Waals surface area (Å²) in [6, 6.07) is 1.88. The van der Waals surface area contributed by atoms with Gasteiger partial charge in [-0.05, 0) is 55.0 Å². The van der Waals surface area contributed by atoms with E-state index in [-0.39, 0.29) is 42.8 Å². The first-order valence-corrected chi connectivity index (χ1v) is 11.7. The van der Waals surface area contributed by atoms with Crippen LogP contribution in [-0.2, 0) is 15.6 Å². The van der Waals surface area contributed by atoms with Crippen LogP contribution in [0.1, 0.15) is 38.7 Å². The lowest BCUT2D eigenvalue weighted by molar-refractivity contribution is 0.0677. The summed E-state index contributed by atoms with van der Waals surface area (Å²) in [5.41, 5.74) is -0.233. The van der Waals surface area contributed by atoms with Crippen LogP contribution in [0.3, 0.4) is 0 Å². The maximum atomic E-state index is 12.0. The van der Waals surface area contributed by atoms with Crippen molar-refractivity contribution in [2.45, 2.75) is 38.7 Å². The average molecular weight is 530 g/mol. The third-order valence-electron chi connectivity index (χ3n) is 4.51. The second-order valence-electron chi connectivity index (χ2n) is 6.87. The van der Waals surface area contributed by atoms with Crippen LogP contribution >= 0.6 is 35.3 Å². The van der Waals surface area contributed by atoms with E-state index < -0.39 is 15.6 Å². The quantitative estimate of drug-likeness (QED) is 0.210. The topological polar surface area (TPSA) is 103 Å². The third-order valence-corrected chi connectivity index (χ3v) is 6.54. The van der Waals surface area contributed by atoms with Gasteiger partial charge in [-0.2, -0.15) is 11.3 Å². The Morgan fingerprint density at radius 2 is 2.15 bits per heavy atom. The standard InChI is InChI=1S/C17H30N4O3S2.HI/c1-3-18-16(20-13-17(2,22)15-7-9-25-12-15)19-8-10-26(23,24)21-11-14-5-4-6-14;/h7,9,12,14,21-22H,3-6,8,10-11,13H2,1-2H3,(H2,18,19,20);1H. The molecule has 156 valence electrons. The molecule has 1 heterocycles. The maximum Gasteiger partial charge on any atom is 0.213 e. The molecule has 1 saturated carbocycles. The van der Waals surface area contributed by atoms with Crippen LogP contribution < -0.4 is 15.4 Å². The van der Waals surface area contributed by atoms with E-state index in [0.29, 0.717) is 25.0 Å². The fraction of sp³-hybridized carbons (Fsp3) is 0.706. The van der Waals surface area contributed by atoms with Crippen LogP contribution in [-0.4, -0.2) is 51.4 Å². The molecule has 0 radical (unpaired) electrons. The molecule has 0 aliphatic heterocycles. The Hall–Kier alpha value is -0.430. The number of aliphatic imine (C=N–C) groups is 1. The van der Waals surface area contributed by atoms with Gasteiger partial charge in [0.1, 0.15) is 5.60 Å². The molecule has 0 bridgehead atoms. The predicted octanol–water partition coefficient (Wildman–Crippen LogP) is 1.85. The first-order chi connectivity index (χ1) is 12.3. The normalized spacial score (nSPS) is 17.5. The molecule has 27 heavy (non-hydrogen) atoms. The summed E-state index contributed by atoms with van der Waals surface area (Å²) >= 11 is 1.53. The fourth-order valence-corrected chi connectivity index (χ4v) is 4.34. The van der Waals surface area contributed by atoms with Crippen molar-refractivity contribution in [1.82, 2.24) is 15.4 Å². The van der Waals surface area contributed by atoms with Crippen molar-refractivity contribution in [3.05, 3.63) is 22.4 Å². The van der Waals surface area contributed by atoms with Crippen molar-refractivity contribution < 1.29 is 13.5 Å². The molecule has 1 aliphatic carbocycles. The van der Waals surface area contributed by atoms with Gasteiger partial charge in [-0.3, -0.25) is 0 Å². The summed E-state index contributed by atoms with van der Waals surface area (Å²) in [5, 5.41) is 20.4. The van der Waals surface area contributed by atoms with Crippen molar-refractivity contribution in [2.24, 2.45) is 10.9 Å². The van der Waals surface area contributed by atoms with Gasteiger partial charge in [0.05, 0.1) is 12.3 Å². The number of aliphatic hydroxyl groups is 1. The monoisotopic (exact) mass is 530 g/mol. The van der Waals surface area contributed by atoms with E-state index >= 15 is 0 Å². The van der Waals surface area contributed by atoms with Crippen molar-refractivity contribution in [3.8, 4) is 0 Å². The maximum absolute atomic E-state index is 12.0. The summed E-state index contributed by atoms with van der Waals surface area (Å²) in [5.74, 6) is 0.985. The van der Waals surface area contributed by atoms with Gasteiger partial charge in [0.15, 0.2) is 5.96 Å². The van der Waals surface area contributed by atoms with E-state index in [1.54, 1.807) is 6.92 Å². The SMILES string of the molecule is CCNC(=NCC(C)(O)c1ccsc1)NCCS(=O)(=O)NCC1CCC1.I. The lowest BCUT2D eigenvalue weighted by atomic mass is 9.86. The van der Waals surface area contributed by atoms with Crippen molar-refractivity contribution >= 4 is 51.3 Å². The smallest absolute Gasteiger partial charge is 0.213 e. The van der Waals surface area contributed by atoms with Gasteiger partial charge in [0.25, 0.3) is 0 Å². The van der Waals surface area contributed by atoms with Gasteiger partial charge >= 0.3 is 0 Å². The molecule has 0 spiro atoms. The Bertz CT molecular complexity index is 674. The molecule has 1 fully saturated rings. The Kier molecular flexibility index (Phi) is 10.5. The van der Waals surface area contributed by atoms with Gasteiger partial charge in [0, 0.05) is 19.6 Å². The van der Waals surface area contributed by atoms with Crippen molar-refractivity contribution in [2.75, 3.05) is 31.9 Å². The minimum atomic E-state index is -3.29. The van der Waals surface area contributed by atoms with E-state index in [4.69, 9.17) is 0 Å². The zero-order valence-electron chi connectivity index (χ0n) is 15.9. The summed E-state index contributed by atoms with van der Waals surface area (Å²) in [6.45, 7) is 5.29. The van der Waals surface area contributed by atoms with E-state index in [1.807, 2.05) is 23.8 Å². The number of nitrogens with zero attached hydrogens (tertiary/aromatic N) is 1. The lowest BCUT2D eigenvalue weighted by Gasteiger charge is -2.25. The zero-order valence-corrected chi connectivity index (χ0v) is 19.9. The molecule has 7 nitrogen and oxygen atoms in total. The van der Waals surface area contributed by atoms with E-state index in [1.165, 1.54) is 17.8 Å². The Labute approximate surface area is 183 Å². The summed E-state index contributed by atoms with van der Waals surface area (Å²) in [4.78, 5) is 4.39. The van der Waals surface area contributed by atoms with Gasteiger partial charge < -0.3 is 15.7 Å². The molecular weight excluding hydrogens is 499 g/mol. The van der Waals surface area contributed by atoms with Crippen molar-refractivity contribution in [1.29, 1.82) is 0 Å². The molecule has 1 aromatic rings. The second kappa shape index (κ2) is 11.5.